The lowest BCUT2D eigenvalue weighted by atomic mass is 9.92. The molecule has 0 aromatic heterocycles. The molecule has 0 N–H and O–H groups in total. The largest absolute Gasteiger partial charge is 0.308 e. The first kappa shape index (κ1) is 8.72. The van der Waals surface area contributed by atoms with Gasteiger partial charge in [0.1, 0.15) is 0 Å². The second-order valence-corrected chi connectivity index (χ2v) is 4.28. The molecule has 0 saturated carbocycles. The quantitative estimate of drug-likeness (QED) is 0.629. The van der Waals surface area contributed by atoms with E-state index in [0.29, 0.717) is 12.5 Å². The molecule has 0 spiro atoms. The predicted molar refractivity (Wildman–Crippen MR) is 60.6 cm³/mol. The van der Waals surface area contributed by atoms with Crippen LogP contribution in [0.15, 0.2) is 30.8 Å². The number of benzene rings is 1. The maximum absolute atomic E-state index is 11.8. The minimum Gasteiger partial charge on any atom is -0.308 e. The molecule has 1 amide bonds. The molecular formula is C13H13NO. The van der Waals surface area contributed by atoms with Crippen LogP contribution in [0.4, 0.5) is 5.69 Å². The standard InChI is InChI=1S/C13H13NO/c1-9-8-10-6-7-13(15)14(10)12-5-3-2-4-11(9)12/h2-5,10H,1,6-8H2/t10-/m1/s1. The molecule has 2 aliphatic rings. The maximum atomic E-state index is 11.8. The van der Waals surface area contributed by atoms with Gasteiger partial charge >= 0.3 is 0 Å². The van der Waals surface area contributed by atoms with Crippen molar-refractivity contribution < 1.29 is 4.79 Å². The summed E-state index contributed by atoms with van der Waals surface area (Å²) in [6, 6.07) is 8.43. The zero-order valence-corrected chi connectivity index (χ0v) is 8.57. The first-order chi connectivity index (χ1) is 7.27. The average Bonchev–Trinajstić information content (AvgIpc) is 2.61. The third-order valence-corrected chi connectivity index (χ3v) is 3.35. The third kappa shape index (κ3) is 1.14. The highest BCUT2D eigenvalue weighted by molar-refractivity contribution is 6.01. The van der Waals surface area contributed by atoms with Crippen LogP contribution in [0.1, 0.15) is 24.8 Å². The topological polar surface area (TPSA) is 20.3 Å². The highest BCUT2D eigenvalue weighted by Gasteiger charge is 2.36. The number of nitrogens with zero attached hydrogens (tertiary/aromatic N) is 1. The Labute approximate surface area is 89.2 Å². The van der Waals surface area contributed by atoms with Crippen LogP contribution in [0.5, 0.6) is 0 Å². The molecule has 2 heteroatoms. The van der Waals surface area contributed by atoms with E-state index in [2.05, 4.69) is 12.6 Å². The van der Waals surface area contributed by atoms with Crippen LogP contribution in [0.2, 0.25) is 0 Å². The van der Waals surface area contributed by atoms with Gasteiger partial charge in [-0.05, 0) is 24.5 Å². The van der Waals surface area contributed by atoms with Gasteiger partial charge in [-0.25, -0.2) is 0 Å². The van der Waals surface area contributed by atoms with E-state index < -0.39 is 0 Å². The van der Waals surface area contributed by atoms with Crippen molar-refractivity contribution in [2.24, 2.45) is 0 Å². The third-order valence-electron chi connectivity index (χ3n) is 3.35. The van der Waals surface area contributed by atoms with Crippen LogP contribution in [-0.4, -0.2) is 11.9 Å². The van der Waals surface area contributed by atoms with E-state index in [1.807, 2.05) is 23.1 Å². The summed E-state index contributed by atoms with van der Waals surface area (Å²) < 4.78 is 0. The van der Waals surface area contributed by atoms with Gasteiger partial charge in [-0.15, -0.1) is 0 Å². The van der Waals surface area contributed by atoms with E-state index in [-0.39, 0.29) is 5.91 Å². The minimum atomic E-state index is 0.264. The molecule has 1 fully saturated rings. The maximum Gasteiger partial charge on any atom is 0.227 e. The molecule has 1 aromatic carbocycles. The van der Waals surface area contributed by atoms with E-state index >= 15 is 0 Å². The van der Waals surface area contributed by atoms with Gasteiger partial charge in [0.25, 0.3) is 0 Å². The SMILES string of the molecule is C=C1C[C@H]2CCC(=O)N2c2ccccc21. The number of hydrogen-bond acceptors (Lipinski definition) is 1. The van der Waals surface area contributed by atoms with Crippen LogP contribution in [-0.2, 0) is 4.79 Å². The van der Waals surface area contributed by atoms with Crippen molar-refractivity contribution in [2.45, 2.75) is 25.3 Å². The van der Waals surface area contributed by atoms with Crippen LogP contribution in [0.25, 0.3) is 5.57 Å². The predicted octanol–water partition coefficient (Wildman–Crippen LogP) is 2.60. The lowest BCUT2D eigenvalue weighted by molar-refractivity contribution is -0.117. The minimum absolute atomic E-state index is 0.264. The van der Waals surface area contributed by atoms with Crippen LogP contribution in [0.3, 0.4) is 0 Å². The van der Waals surface area contributed by atoms with Crippen molar-refractivity contribution in [2.75, 3.05) is 4.90 Å². The normalized spacial score (nSPS) is 24.0. The van der Waals surface area contributed by atoms with Crippen molar-refractivity contribution in [3.05, 3.63) is 36.4 Å². The summed E-state index contributed by atoms with van der Waals surface area (Å²) in [4.78, 5) is 13.7. The Balaban J connectivity index is 2.18. The monoisotopic (exact) mass is 199 g/mol. The fraction of sp³-hybridized carbons (Fsp3) is 0.308. The number of rotatable bonds is 0. The fourth-order valence-corrected chi connectivity index (χ4v) is 2.64. The van der Waals surface area contributed by atoms with E-state index in [1.165, 1.54) is 5.57 Å². The number of carbonyl (C=O) groups is 1. The number of fused-ring (bicyclic) bond motifs is 3. The fourth-order valence-electron chi connectivity index (χ4n) is 2.64. The number of anilines is 1. The number of carbonyl (C=O) groups excluding carboxylic acids is 1. The van der Waals surface area contributed by atoms with Gasteiger partial charge in [0.05, 0.1) is 5.69 Å². The van der Waals surface area contributed by atoms with Crippen LogP contribution in [0, 0.1) is 0 Å². The average molecular weight is 199 g/mol. The summed E-state index contributed by atoms with van der Waals surface area (Å²) in [5.74, 6) is 0.264. The molecule has 0 unspecified atom stereocenters. The van der Waals surface area contributed by atoms with E-state index in [9.17, 15) is 4.79 Å². The van der Waals surface area contributed by atoms with Crippen molar-refractivity contribution in [3.63, 3.8) is 0 Å². The van der Waals surface area contributed by atoms with Crippen molar-refractivity contribution >= 4 is 17.2 Å². The van der Waals surface area contributed by atoms with E-state index in [4.69, 9.17) is 0 Å². The van der Waals surface area contributed by atoms with Gasteiger partial charge in [-0.3, -0.25) is 4.79 Å². The summed E-state index contributed by atoms with van der Waals surface area (Å²) in [7, 11) is 0. The lowest BCUT2D eigenvalue weighted by Crippen LogP contribution is -2.36. The highest BCUT2D eigenvalue weighted by Crippen LogP contribution is 2.41. The molecule has 3 rings (SSSR count). The molecule has 15 heavy (non-hydrogen) atoms. The van der Waals surface area contributed by atoms with Gasteiger partial charge in [0.15, 0.2) is 0 Å². The molecule has 0 bridgehead atoms. The Morgan fingerprint density at radius 1 is 1.33 bits per heavy atom. The Kier molecular flexibility index (Phi) is 1.72. The second kappa shape index (κ2) is 2.96. The Morgan fingerprint density at radius 2 is 2.13 bits per heavy atom. The first-order valence-corrected chi connectivity index (χ1v) is 5.36. The Bertz CT molecular complexity index is 450. The van der Waals surface area contributed by atoms with Crippen molar-refractivity contribution in [1.82, 2.24) is 0 Å². The molecular weight excluding hydrogens is 186 g/mol. The van der Waals surface area contributed by atoms with E-state index in [0.717, 1.165) is 24.1 Å². The summed E-state index contributed by atoms with van der Waals surface area (Å²) >= 11 is 0. The Morgan fingerprint density at radius 3 is 3.00 bits per heavy atom. The number of hydrogen-bond donors (Lipinski definition) is 0. The van der Waals surface area contributed by atoms with Gasteiger partial charge in [0, 0.05) is 18.0 Å². The molecule has 1 saturated heterocycles. The molecule has 2 heterocycles. The molecule has 0 aliphatic carbocycles. The van der Waals surface area contributed by atoms with E-state index in [1.54, 1.807) is 0 Å². The van der Waals surface area contributed by atoms with Gasteiger partial charge < -0.3 is 4.90 Å². The smallest absolute Gasteiger partial charge is 0.227 e. The second-order valence-electron chi connectivity index (χ2n) is 4.28. The zero-order chi connectivity index (χ0) is 10.4. The molecule has 2 aliphatic heterocycles. The Hall–Kier alpha value is -1.57. The lowest BCUT2D eigenvalue weighted by Gasteiger charge is -2.33. The molecule has 1 atom stereocenters. The zero-order valence-electron chi connectivity index (χ0n) is 8.57. The van der Waals surface area contributed by atoms with Gasteiger partial charge in [-0.1, -0.05) is 24.8 Å². The highest BCUT2D eigenvalue weighted by atomic mass is 16.2. The molecule has 76 valence electrons. The van der Waals surface area contributed by atoms with Gasteiger partial charge in [0.2, 0.25) is 5.91 Å². The number of para-hydroxylation sites is 1. The number of amides is 1. The van der Waals surface area contributed by atoms with Gasteiger partial charge in [-0.2, -0.15) is 0 Å². The summed E-state index contributed by atoms with van der Waals surface area (Å²) in [6.07, 6.45) is 2.60. The summed E-state index contributed by atoms with van der Waals surface area (Å²) in [5.41, 5.74) is 3.37. The van der Waals surface area contributed by atoms with Crippen molar-refractivity contribution in [1.29, 1.82) is 0 Å². The summed E-state index contributed by atoms with van der Waals surface area (Å²) in [5, 5.41) is 0. The molecule has 1 aromatic rings. The van der Waals surface area contributed by atoms with Crippen molar-refractivity contribution in [3.8, 4) is 0 Å². The van der Waals surface area contributed by atoms with Crippen LogP contribution >= 0.6 is 0 Å². The van der Waals surface area contributed by atoms with Crippen LogP contribution < -0.4 is 4.90 Å². The molecule has 2 nitrogen and oxygen atoms in total. The summed E-state index contributed by atoms with van der Waals surface area (Å²) in [6.45, 7) is 4.10. The molecule has 0 radical (unpaired) electrons. The first-order valence-electron chi connectivity index (χ1n) is 5.36.